The highest BCUT2D eigenvalue weighted by atomic mass is 35.5. The number of ether oxygens (including phenoxy) is 6. The number of carboxylic acid groups (broad SMARTS) is 2. The number of halogens is 4. The van der Waals surface area contributed by atoms with Crippen LogP contribution in [0.3, 0.4) is 0 Å². The predicted molar refractivity (Wildman–Crippen MR) is 285 cm³/mol. The quantitative estimate of drug-likeness (QED) is 0.0216. The first kappa shape index (κ1) is 62.5. The van der Waals surface area contributed by atoms with E-state index in [1.807, 2.05) is 0 Å². The van der Waals surface area contributed by atoms with Gasteiger partial charge in [0.15, 0.2) is 0 Å². The van der Waals surface area contributed by atoms with Crippen LogP contribution in [0, 0.1) is 0 Å². The van der Waals surface area contributed by atoms with Gasteiger partial charge in [-0.2, -0.15) is 0 Å². The van der Waals surface area contributed by atoms with Crippen LogP contribution in [0.15, 0.2) is 129 Å². The summed E-state index contributed by atoms with van der Waals surface area (Å²) in [6, 6.07) is 13.2. The van der Waals surface area contributed by atoms with E-state index in [0.29, 0.717) is 59.4 Å². The number of hydrogen-bond acceptors (Lipinski definition) is 20. The highest BCUT2D eigenvalue weighted by Crippen LogP contribution is 2.44. The Morgan fingerprint density at radius 3 is 1.32 bits per heavy atom. The van der Waals surface area contributed by atoms with Crippen LogP contribution in [0.2, 0.25) is 20.1 Å². The van der Waals surface area contributed by atoms with Gasteiger partial charge in [0.25, 0.3) is 0 Å². The number of anilines is 2. The van der Waals surface area contributed by atoms with Crippen molar-refractivity contribution in [2.24, 2.45) is 0 Å². The van der Waals surface area contributed by atoms with E-state index >= 15 is 0 Å². The number of nitrogens with one attached hydrogen (secondary N) is 6. The maximum atomic E-state index is 12.9. The molecular formula is C50H52Cl4N8O16. The molecule has 4 heterocycles. The van der Waals surface area contributed by atoms with Crippen LogP contribution in [-0.2, 0) is 57.2 Å². The Morgan fingerprint density at radius 1 is 0.603 bits per heavy atom. The van der Waals surface area contributed by atoms with Gasteiger partial charge in [-0.3, -0.25) is 9.97 Å². The number of esters is 4. The summed E-state index contributed by atoms with van der Waals surface area (Å²) < 4.78 is 31.9. The minimum Gasteiger partial charge on any atom is -0.478 e. The summed E-state index contributed by atoms with van der Waals surface area (Å²) in [4.78, 5) is 105. The molecule has 2 aromatic carbocycles. The van der Waals surface area contributed by atoms with Gasteiger partial charge in [-0.05, 0) is 49.2 Å². The third-order valence-corrected chi connectivity index (χ3v) is 12.1. The molecule has 0 saturated heterocycles. The van der Waals surface area contributed by atoms with Gasteiger partial charge < -0.3 is 59.9 Å². The summed E-state index contributed by atoms with van der Waals surface area (Å²) in [7, 11) is 2.48. The third-order valence-electron chi connectivity index (χ3n) is 10.4. The first-order valence-electron chi connectivity index (χ1n) is 23.0. The average Bonchev–Trinajstić information content (AvgIpc) is 3.43. The van der Waals surface area contributed by atoms with E-state index in [1.165, 1.54) is 39.0 Å². The molecule has 0 fully saturated rings. The third kappa shape index (κ3) is 18.3. The Morgan fingerprint density at radius 2 is 0.987 bits per heavy atom. The summed E-state index contributed by atoms with van der Waals surface area (Å²) in [6.45, 7) is 4.87. The molecule has 0 amide bonds. The van der Waals surface area contributed by atoms with E-state index in [2.05, 4.69) is 41.2 Å². The number of hydrogen-bond donors (Lipinski definition) is 8. The van der Waals surface area contributed by atoms with E-state index < -0.39 is 59.0 Å². The monoisotopic (exact) mass is 1160 g/mol. The number of aliphatic carboxylic acids is 2. The lowest BCUT2D eigenvalue weighted by Gasteiger charge is -2.29. The van der Waals surface area contributed by atoms with Crippen LogP contribution in [0.1, 0.15) is 36.8 Å². The summed E-state index contributed by atoms with van der Waals surface area (Å²) in [5.41, 5.74) is 1.37. The van der Waals surface area contributed by atoms with Crippen LogP contribution >= 0.6 is 46.4 Å². The van der Waals surface area contributed by atoms with Crippen molar-refractivity contribution in [1.82, 2.24) is 30.6 Å². The van der Waals surface area contributed by atoms with Crippen LogP contribution in [-0.4, -0.2) is 133 Å². The topological polar surface area (TPSA) is 338 Å². The largest absolute Gasteiger partial charge is 0.478 e. The van der Waals surface area contributed by atoms with Crippen molar-refractivity contribution >= 4 is 93.9 Å². The fraction of sp³-hybridized carbons (Fsp3) is 0.280. The van der Waals surface area contributed by atoms with Gasteiger partial charge in [-0.15, -0.1) is 0 Å². The fourth-order valence-corrected chi connectivity index (χ4v) is 7.95. The van der Waals surface area contributed by atoms with Crippen molar-refractivity contribution in [3.05, 3.63) is 171 Å². The standard InChI is InChI=1S/2C23H24Cl2N4O6.C4H4O4/c2*1-3-35-21(30)14-11-28-16(12-34-10-9-26-17-7-8-27-23(32)29-17)19(22(31)33-2)18(14)13-5-4-6-15(24)20(13)25;5-3(6)1-2-4(7)8/h2*4-8,11,18,28H,3,9-10,12H2,1-2H3,(H2,26,27,29,32);1-2H,(H,5,6)(H,7,8)/b;;2-1+. The molecule has 2 aliphatic rings. The van der Waals surface area contributed by atoms with Crippen molar-refractivity contribution in [1.29, 1.82) is 0 Å². The van der Waals surface area contributed by atoms with Crippen LogP contribution in [0.4, 0.5) is 11.6 Å². The summed E-state index contributed by atoms with van der Waals surface area (Å²) in [5, 5.41) is 28.5. The molecule has 28 heteroatoms. The smallest absolute Gasteiger partial charge is 0.346 e. The van der Waals surface area contributed by atoms with Crippen molar-refractivity contribution in [3.8, 4) is 0 Å². The normalized spacial score (nSPS) is 14.6. The van der Waals surface area contributed by atoms with Crippen molar-refractivity contribution in [3.63, 3.8) is 0 Å². The van der Waals surface area contributed by atoms with E-state index in [9.17, 15) is 38.4 Å². The van der Waals surface area contributed by atoms with Crippen LogP contribution in [0.25, 0.3) is 0 Å². The highest BCUT2D eigenvalue weighted by molar-refractivity contribution is 6.43. The minimum absolute atomic E-state index is 0.000266. The average molecular weight is 1160 g/mol. The molecule has 0 radical (unpaired) electrons. The first-order chi connectivity index (χ1) is 37.4. The maximum absolute atomic E-state index is 12.9. The molecule has 78 heavy (non-hydrogen) atoms. The number of H-pyrrole nitrogens is 2. The molecule has 0 bridgehead atoms. The second-order valence-corrected chi connectivity index (χ2v) is 17.0. The molecule has 8 N–H and O–H groups in total. The Hall–Kier alpha value is -8.00. The number of benzene rings is 2. The molecule has 6 rings (SSSR count). The lowest BCUT2D eigenvalue weighted by Crippen LogP contribution is -2.32. The van der Waals surface area contributed by atoms with Crippen LogP contribution < -0.4 is 32.6 Å². The lowest BCUT2D eigenvalue weighted by molar-refractivity contribution is -0.140. The number of methoxy groups -OCH3 is 2. The molecule has 416 valence electrons. The number of nitrogens with zero attached hydrogens (tertiary/aromatic N) is 2. The van der Waals surface area contributed by atoms with Gasteiger partial charge >= 0.3 is 47.2 Å². The summed E-state index contributed by atoms with van der Waals surface area (Å²) >= 11 is 25.4. The predicted octanol–water partition coefficient (Wildman–Crippen LogP) is 5.24. The molecule has 2 unspecified atom stereocenters. The van der Waals surface area contributed by atoms with Gasteiger partial charge in [-0.1, -0.05) is 70.7 Å². The van der Waals surface area contributed by atoms with Crippen LogP contribution in [0.5, 0.6) is 0 Å². The molecule has 2 atom stereocenters. The number of carboxylic acids is 2. The Balaban J connectivity index is 0.000000295. The van der Waals surface area contributed by atoms with Crippen molar-refractivity contribution < 1.29 is 67.4 Å². The van der Waals surface area contributed by atoms with E-state index in [-0.39, 0.29) is 82.0 Å². The van der Waals surface area contributed by atoms with Crippen molar-refractivity contribution in [2.75, 3.05) is 77.6 Å². The number of carbonyl (C=O) groups excluding carboxylic acids is 4. The van der Waals surface area contributed by atoms with E-state index in [0.717, 1.165) is 0 Å². The molecule has 0 aliphatic carbocycles. The molecule has 0 saturated carbocycles. The van der Waals surface area contributed by atoms with Gasteiger partial charge in [-0.25, -0.2) is 48.3 Å². The van der Waals surface area contributed by atoms with Gasteiger partial charge in [0.05, 0.1) is 119 Å². The number of carbonyl (C=O) groups is 6. The van der Waals surface area contributed by atoms with Gasteiger partial charge in [0, 0.05) is 50.0 Å². The lowest BCUT2D eigenvalue weighted by atomic mass is 9.82. The zero-order valence-corrected chi connectivity index (χ0v) is 44.9. The van der Waals surface area contributed by atoms with Crippen molar-refractivity contribution in [2.45, 2.75) is 25.7 Å². The summed E-state index contributed by atoms with van der Waals surface area (Å²) in [6.07, 6.45) is 6.81. The number of rotatable bonds is 22. The zero-order valence-electron chi connectivity index (χ0n) is 41.9. The first-order valence-corrected chi connectivity index (χ1v) is 24.5. The summed E-state index contributed by atoms with van der Waals surface area (Å²) in [5.74, 6) is -5.87. The van der Waals surface area contributed by atoms with E-state index in [4.69, 9.17) is 85.0 Å². The molecule has 2 aliphatic heterocycles. The molecular weight excluding hydrogens is 1110 g/mol. The number of dihydropyridines is 2. The Kier molecular flexibility index (Phi) is 25.6. The van der Waals surface area contributed by atoms with Gasteiger partial charge in [0.2, 0.25) is 0 Å². The van der Waals surface area contributed by atoms with E-state index in [1.54, 1.807) is 62.4 Å². The maximum Gasteiger partial charge on any atom is 0.346 e. The molecule has 0 spiro atoms. The number of aromatic amines is 2. The molecule has 24 nitrogen and oxygen atoms in total. The van der Waals surface area contributed by atoms with Gasteiger partial charge in [0.1, 0.15) is 11.6 Å². The SMILES string of the molecule is CCOC(=O)C1=CNC(COCCNc2ccnc(=O)[nH]2)=C(C(=O)OC)C1c1cccc(Cl)c1Cl.CCOC(=O)C1=CNC(COCCNc2ccnc(=O)[nH]2)=C(C(=O)OC)C1c1cccc(Cl)c1Cl.O=C(O)/C=C/C(=O)O. The fourth-order valence-electron chi connectivity index (χ4n) is 7.12. The minimum atomic E-state index is -1.26. The second-order valence-electron chi connectivity index (χ2n) is 15.4. The Bertz CT molecular complexity index is 2900. The highest BCUT2D eigenvalue weighted by Gasteiger charge is 2.40. The second kappa shape index (κ2) is 31.9. The number of aromatic nitrogens is 4. The Labute approximate surface area is 464 Å². The molecule has 2 aromatic heterocycles. The zero-order chi connectivity index (χ0) is 57.3. The molecule has 4 aromatic rings.